The summed E-state index contributed by atoms with van der Waals surface area (Å²) in [5.74, 6) is 1.23. The lowest BCUT2D eigenvalue weighted by Gasteiger charge is -2.17. The highest BCUT2D eigenvalue weighted by Gasteiger charge is 2.26. The molecule has 0 atom stereocenters. The van der Waals surface area contributed by atoms with Gasteiger partial charge in [-0.1, -0.05) is 23.5 Å². The minimum atomic E-state index is -3.76. The Labute approximate surface area is 189 Å². The van der Waals surface area contributed by atoms with Crippen LogP contribution in [0, 0.1) is 0 Å². The quantitative estimate of drug-likeness (QED) is 0.405. The lowest BCUT2D eigenvalue weighted by Crippen LogP contribution is -2.23. The molecule has 32 heavy (non-hydrogen) atoms. The molecule has 0 unspecified atom stereocenters. The Hall–Kier alpha value is -3.22. The molecule has 2 aromatic carbocycles. The van der Waals surface area contributed by atoms with Gasteiger partial charge in [-0.3, -0.25) is 0 Å². The van der Waals surface area contributed by atoms with Crippen LogP contribution < -0.4 is 15.2 Å². The van der Waals surface area contributed by atoms with E-state index in [0.29, 0.717) is 33.5 Å². The van der Waals surface area contributed by atoms with Crippen molar-refractivity contribution in [1.82, 2.24) is 24.1 Å². The van der Waals surface area contributed by atoms with Crippen LogP contribution in [0.3, 0.4) is 0 Å². The van der Waals surface area contributed by atoms with Gasteiger partial charge < -0.3 is 15.2 Å². The number of ether oxygens (including phenoxy) is 2. The molecule has 0 spiro atoms. The fraction of sp³-hybridized carbons (Fsp3) is 0.250. The average molecular weight is 475 g/mol. The van der Waals surface area contributed by atoms with Crippen LogP contribution in [0.1, 0.15) is 11.4 Å². The second-order valence-corrected chi connectivity index (χ2v) is 10.2. The van der Waals surface area contributed by atoms with Crippen molar-refractivity contribution in [2.24, 2.45) is 0 Å². The van der Waals surface area contributed by atoms with E-state index in [1.807, 2.05) is 18.2 Å². The van der Waals surface area contributed by atoms with Crippen LogP contribution in [0.4, 0.5) is 5.69 Å². The number of nitrogens with two attached hydrogens (primary N) is 1. The molecule has 0 radical (unpaired) electrons. The molecule has 12 heteroatoms. The number of sulfonamides is 1. The summed E-state index contributed by atoms with van der Waals surface area (Å²) in [6.07, 6.45) is 0.171. The van der Waals surface area contributed by atoms with Crippen LogP contribution in [0.5, 0.6) is 11.5 Å². The maximum atomic E-state index is 13.0. The first kappa shape index (κ1) is 22.0. The molecule has 0 saturated heterocycles. The topological polar surface area (TPSA) is 125 Å². The second-order valence-electron chi connectivity index (χ2n) is 7.12. The highest BCUT2D eigenvalue weighted by Crippen LogP contribution is 2.35. The standard InChI is InChI=1S/C20H22N6O4S2/c1-25(2)32(27,28)17-11-16(30-4)15(29-3)9-13(17)10-18-22-23-20-26(18)24-19(31-20)12-6-5-7-14(21)8-12/h5-9,11H,10,21H2,1-4H3. The Morgan fingerprint density at radius 3 is 2.47 bits per heavy atom. The van der Waals surface area contributed by atoms with Crippen LogP contribution >= 0.6 is 11.3 Å². The van der Waals surface area contributed by atoms with E-state index in [-0.39, 0.29) is 11.3 Å². The first-order chi connectivity index (χ1) is 15.2. The van der Waals surface area contributed by atoms with E-state index < -0.39 is 10.0 Å². The van der Waals surface area contributed by atoms with Gasteiger partial charge in [0.15, 0.2) is 17.3 Å². The third kappa shape index (κ3) is 3.87. The van der Waals surface area contributed by atoms with Crippen molar-refractivity contribution in [2.75, 3.05) is 34.0 Å². The molecule has 0 aliphatic heterocycles. The number of nitrogens with zero attached hydrogens (tertiary/aromatic N) is 5. The molecule has 0 aliphatic rings. The third-order valence-electron chi connectivity index (χ3n) is 4.86. The number of hydrogen-bond donors (Lipinski definition) is 1. The zero-order valence-electron chi connectivity index (χ0n) is 17.9. The van der Waals surface area contributed by atoms with E-state index in [2.05, 4.69) is 15.3 Å². The van der Waals surface area contributed by atoms with Crippen molar-refractivity contribution < 1.29 is 17.9 Å². The summed E-state index contributed by atoms with van der Waals surface area (Å²) in [5.41, 5.74) is 7.88. The van der Waals surface area contributed by atoms with Crippen molar-refractivity contribution in [3.63, 3.8) is 0 Å². The number of anilines is 1. The van der Waals surface area contributed by atoms with Crippen LogP contribution in [-0.2, 0) is 16.4 Å². The van der Waals surface area contributed by atoms with Crippen LogP contribution in [0.25, 0.3) is 15.5 Å². The van der Waals surface area contributed by atoms with Crippen molar-refractivity contribution in [3.8, 4) is 22.1 Å². The molecule has 4 aromatic rings. The summed E-state index contributed by atoms with van der Waals surface area (Å²) < 4.78 is 39.5. The summed E-state index contributed by atoms with van der Waals surface area (Å²) in [6.45, 7) is 0. The molecule has 2 aromatic heterocycles. The molecule has 0 fully saturated rings. The number of benzene rings is 2. The normalized spacial score (nSPS) is 11.9. The van der Waals surface area contributed by atoms with Crippen molar-refractivity contribution in [1.29, 1.82) is 0 Å². The Morgan fingerprint density at radius 1 is 1.09 bits per heavy atom. The maximum Gasteiger partial charge on any atom is 0.242 e. The molecular formula is C20H22N6O4S2. The predicted molar refractivity (Wildman–Crippen MR) is 122 cm³/mol. The average Bonchev–Trinajstić information content (AvgIpc) is 3.35. The number of hydrogen-bond acceptors (Lipinski definition) is 9. The number of methoxy groups -OCH3 is 2. The van der Waals surface area contributed by atoms with Crippen LogP contribution in [0.2, 0.25) is 0 Å². The van der Waals surface area contributed by atoms with E-state index in [4.69, 9.17) is 15.2 Å². The van der Waals surface area contributed by atoms with Crippen LogP contribution in [0.15, 0.2) is 41.3 Å². The molecule has 10 nitrogen and oxygen atoms in total. The summed E-state index contributed by atoms with van der Waals surface area (Å²) in [5, 5.41) is 13.8. The second kappa shape index (κ2) is 8.37. The molecule has 0 amide bonds. The lowest BCUT2D eigenvalue weighted by atomic mass is 10.1. The molecule has 2 N–H and O–H groups in total. The van der Waals surface area contributed by atoms with Gasteiger partial charge in [0.1, 0.15) is 5.01 Å². The first-order valence-corrected chi connectivity index (χ1v) is 11.7. The van der Waals surface area contributed by atoms with Gasteiger partial charge in [0.05, 0.1) is 19.1 Å². The fourth-order valence-electron chi connectivity index (χ4n) is 3.20. The highest BCUT2D eigenvalue weighted by atomic mass is 32.2. The monoisotopic (exact) mass is 474 g/mol. The number of rotatable bonds is 7. The first-order valence-electron chi connectivity index (χ1n) is 9.49. The fourth-order valence-corrected chi connectivity index (χ4v) is 5.17. The SMILES string of the molecule is COc1cc(Cc2nnc3sc(-c4cccc(N)c4)nn23)c(S(=O)(=O)N(C)C)cc1OC. The number of aromatic nitrogens is 4. The van der Waals surface area contributed by atoms with E-state index in [1.54, 1.807) is 16.6 Å². The van der Waals surface area contributed by atoms with Crippen LogP contribution in [-0.4, -0.2) is 60.8 Å². The molecule has 0 aliphatic carbocycles. The number of nitrogen functional groups attached to an aromatic ring is 1. The Kier molecular flexibility index (Phi) is 5.75. The van der Waals surface area contributed by atoms with E-state index in [9.17, 15) is 8.42 Å². The third-order valence-corrected chi connectivity index (χ3v) is 7.71. The maximum absolute atomic E-state index is 13.0. The minimum absolute atomic E-state index is 0.100. The van der Waals surface area contributed by atoms with Crippen molar-refractivity contribution in [3.05, 3.63) is 47.8 Å². The number of fused-ring (bicyclic) bond motifs is 1. The van der Waals surface area contributed by atoms with Crippen molar-refractivity contribution >= 4 is 32.0 Å². The van der Waals surface area contributed by atoms with E-state index in [0.717, 1.165) is 14.9 Å². The zero-order chi connectivity index (χ0) is 23.0. The van der Waals surface area contributed by atoms with Gasteiger partial charge in [-0.25, -0.2) is 12.7 Å². The molecular weight excluding hydrogens is 452 g/mol. The van der Waals surface area contributed by atoms with Gasteiger partial charge in [-0.05, 0) is 23.8 Å². The summed E-state index contributed by atoms with van der Waals surface area (Å²) in [6, 6.07) is 10.5. The van der Waals surface area contributed by atoms with Crippen molar-refractivity contribution in [2.45, 2.75) is 11.3 Å². The highest BCUT2D eigenvalue weighted by molar-refractivity contribution is 7.89. The Balaban J connectivity index is 1.81. The smallest absolute Gasteiger partial charge is 0.242 e. The molecule has 2 heterocycles. The summed E-state index contributed by atoms with van der Waals surface area (Å²) in [4.78, 5) is 0.693. The predicted octanol–water partition coefficient (Wildman–Crippen LogP) is 2.29. The minimum Gasteiger partial charge on any atom is -0.493 e. The largest absolute Gasteiger partial charge is 0.493 e. The Morgan fingerprint density at radius 2 is 1.81 bits per heavy atom. The molecule has 168 valence electrons. The zero-order valence-corrected chi connectivity index (χ0v) is 19.6. The van der Waals surface area contributed by atoms with E-state index >= 15 is 0 Å². The molecule has 0 saturated carbocycles. The van der Waals surface area contributed by atoms with Gasteiger partial charge >= 0.3 is 0 Å². The molecule has 0 bridgehead atoms. The van der Waals surface area contributed by atoms with E-state index in [1.165, 1.54) is 45.7 Å². The lowest BCUT2D eigenvalue weighted by molar-refractivity contribution is 0.353. The van der Waals surface area contributed by atoms with Gasteiger partial charge in [0.2, 0.25) is 15.0 Å². The van der Waals surface area contributed by atoms with Gasteiger partial charge in [-0.2, -0.15) is 9.61 Å². The summed E-state index contributed by atoms with van der Waals surface area (Å²) in [7, 11) is 2.15. The van der Waals surface area contributed by atoms with Gasteiger partial charge in [0, 0.05) is 37.8 Å². The summed E-state index contributed by atoms with van der Waals surface area (Å²) >= 11 is 1.37. The van der Waals surface area contributed by atoms with Gasteiger partial charge in [0.25, 0.3) is 0 Å². The van der Waals surface area contributed by atoms with Gasteiger partial charge in [-0.15, -0.1) is 10.2 Å². The Bertz CT molecular complexity index is 1390. The molecule has 4 rings (SSSR count).